The lowest BCUT2D eigenvalue weighted by Crippen LogP contribution is -2.51. The fourth-order valence-corrected chi connectivity index (χ4v) is 2.66. The molecule has 0 aliphatic heterocycles. The highest BCUT2D eigenvalue weighted by Crippen LogP contribution is 2.10. The maximum Gasteiger partial charge on any atom is 0.305 e. The molecule has 0 aliphatic carbocycles. The average molecular weight is 434 g/mol. The first-order valence-electron chi connectivity index (χ1n) is 8.62. The quantitative estimate of drug-likeness (QED) is 0.166. The summed E-state index contributed by atoms with van der Waals surface area (Å²) in [6, 6.07) is -1.15. The van der Waals surface area contributed by atoms with Crippen molar-refractivity contribution in [1.82, 2.24) is 21.3 Å². The lowest BCUT2D eigenvalue weighted by Gasteiger charge is -2.18. The second-order valence-electron chi connectivity index (χ2n) is 5.87. The Kier molecular flexibility index (Phi) is 12.8. The molecule has 4 amide bonds. The van der Waals surface area contributed by atoms with E-state index in [0.29, 0.717) is 0 Å². The monoisotopic (exact) mass is 434 g/mol. The molecular weight excluding hydrogens is 408 g/mol. The van der Waals surface area contributed by atoms with Crippen molar-refractivity contribution in [2.45, 2.75) is 37.5 Å². The van der Waals surface area contributed by atoms with E-state index in [9.17, 15) is 28.8 Å². The molecule has 0 aliphatic rings. The Labute approximate surface area is 171 Å². The molecule has 0 aromatic heterocycles. The van der Waals surface area contributed by atoms with Gasteiger partial charge in [-0.15, -0.1) is 0 Å². The number of carbonyl (C=O) groups is 6. The topological polar surface area (TPSA) is 191 Å². The van der Waals surface area contributed by atoms with Crippen LogP contribution in [0.25, 0.3) is 0 Å². The minimum absolute atomic E-state index is 0.0825. The summed E-state index contributed by atoms with van der Waals surface area (Å²) in [4.78, 5) is 68.4. The van der Waals surface area contributed by atoms with Gasteiger partial charge in [-0.3, -0.25) is 28.8 Å². The molecule has 0 rings (SSSR count). The van der Waals surface area contributed by atoms with Gasteiger partial charge in [0.05, 0.1) is 18.2 Å². The molecule has 2 atom stereocenters. The molecule has 13 heteroatoms. The third-order valence-electron chi connectivity index (χ3n) is 3.46. The van der Waals surface area contributed by atoms with Gasteiger partial charge in [0.1, 0.15) is 6.04 Å². The molecular formula is C16H26N4O8S. The van der Waals surface area contributed by atoms with Crippen LogP contribution in [0.1, 0.15) is 26.2 Å². The zero-order chi connectivity index (χ0) is 22.4. The number of carbonyl (C=O) groups excluding carboxylic acids is 4. The first-order chi connectivity index (χ1) is 13.6. The van der Waals surface area contributed by atoms with E-state index in [1.54, 1.807) is 6.26 Å². The number of carboxylic acid groups (broad SMARTS) is 2. The van der Waals surface area contributed by atoms with Crippen LogP contribution < -0.4 is 21.3 Å². The van der Waals surface area contributed by atoms with E-state index in [1.165, 1.54) is 6.92 Å². The number of aliphatic carboxylic acids is 2. The third-order valence-corrected chi connectivity index (χ3v) is 4.41. The van der Waals surface area contributed by atoms with E-state index in [0.717, 1.165) is 11.8 Å². The summed E-state index contributed by atoms with van der Waals surface area (Å²) in [7, 11) is 0. The van der Waals surface area contributed by atoms with Crippen LogP contribution in [-0.2, 0) is 28.8 Å². The first-order valence-corrected chi connectivity index (χ1v) is 9.91. The number of hydrogen-bond donors (Lipinski definition) is 6. The van der Waals surface area contributed by atoms with Gasteiger partial charge >= 0.3 is 11.9 Å². The average Bonchev–Trinajstić information content (AvgIpc) is 2.63. The Hall–Kier alpha value is -2.83. The predicted molar refractivity (Wildman–Crippen MR) is 103 cm³/mol. The van der Waals surface area contributed by atoms with Gasteiger partial charge in [0, 0.05) is 26.4 Å². The van der Waals surface area contributed by atoms with Crippen molar-refractivity contribution < 1.29 is 39.0 Å². The zero-order valence-corrected chi connectivity index (χ0v) is 17.0. The van der Waals surface area contributed by atoms with Gasteiger partial charge in [-0.05, 0) is 12.7 Å². The minimum atomic E-state index is -1.16. The summed E-state index contributed by atoms with van der Waals surface area (Å²) in [6.07, 6.45) is 0.601. The first kappa shape index (κ1) is 26.2. The fourth-order valence-electron chi connectivity index (χ4n) is 2.05. The molecule has 0 fully saturated rings. The second-order valence-corrected chi connectivity index (χ2v) is 6.91. The van der Waals surface area contributed by atoms with E-state index in [-0.39, 0.29) is 31.8 Å². The Morgan fingerprint density at radius 2 is 1.52 bits per heavy atom. The predicted octanol–water partition coefficient (Wildman–Crippen LogP) is -2.09. The maximum atomic E-state index is 12.2. The highest BCUT2D eigenvalue weighted by Gasteiger charge is 2.24. The van der Waals surface area contributed by atoms with Crippen LogP contribution in [0.15, 0.2) is 0 Å². The Bertz CT molecular complexity index is 628. The van der Waals surface area contributed by atoms with Gasteiger partial charge in [-0.25, -0.2) is 0 Å². The highest BCUT2D eigenvalue weighted by molar-refractivity contribution is 7.99. The molecule has 0 heterocycles. The molecule has 29 heavy (non-hydrogen) atoms. The summed E-state index contributed by atoms with van der Waals surface area (Å²) in [5.41, 5.74) is 0. The van der Waals surface area contributed by atoms with Crippen molar-refractivity contribution in [1.29, 1.82) is 0 Å². The van der Waals surface area contributed by atoms with E-state index in [4.69, 9.17) is 10.2 Å². The molecule has 0 spiro atoms. The molecule has 0 saturated heterocycles. The Balaban J connectivity index is 4.66. The van der Waals surface area contributed by atoms with Crippen LogP contribution in [0.3, 0.4) is 0 Å². The van der Waals surface area contributed by atoms with Gasteiger partial charge < -0.3 is 31.5 Å². The van der Waals surface area contributed by atoms with Crippen LogP contribution >= 0.6 is 11.8 Å². The van der Waals surface area contributed by atoms with Crippen molar-refractivity contribution in [3.05, 3.63) is 0 Å². The second kappa shape index (κ2) is 14.2. The van der Waals surface area contributed by atoms with Crippen molar-refractivity contribution >= 4 is 47.3 Å². The number of hydrogen-bond acceptors (Lipinski definition) is 7. The van der Waals surface area contributed by atoms with Crippen LogP contribution in [0, 0.1) is 0 Å². The third kappa shape index (κ3) is 13.1. The number of carboxylic acids is 2. The van der Waals surface area contributed by atoms with Gasteiger partial charge in [-0.2, -0.15) is 11.8 Å². The smallest absolute Gasteiger partial charge is 0.305 e. The van der Waals surface area contributed by atoms with Crippen molar-refractivity contribution in [2.24, 2.45) is 0 Å². The summed E-state index contributed by atoms with van der Waals surface area (Å²) < 4.78 is 0. The number of amides is 4. The van der Waals surface area contributed by atoms with Gasteiger partial charge in [-0.1, -0.05) is 0 Å². The van der Waals surface area contributed by atoms with E-state index in [1.807, 2.05) is 0 Å². The van der Waals surface area contributed by atoms with E-state index >= 15 is 0 Å². The Morgan fingerprint density at radius 3 is 2.03 bits per heavy atom. The molecule has 0 aromatic rings. The van der Waals surface area contributed by atoms with Gasteiger partial charge in [0.25, 0.3) is 0 Å². The van der Waals surface area contributed by atoms with Crippen molar-refractivity contribution in [3.8, 4) is 0 Å². The molecule has 1 unspecified atom stereocenters. The normalized spacial score (nSPS) is 12.2. The molecule has 0 saturated carbocycles. The number of nitrogens with one attached hydrogen (secondary N) is 4. The summed E-state index contributed by atoms with van der Waals surface area (Å²) in [5, 5.41) is 26.2. The number of thioether (sulfide) groups is 1. The summed E-state index contributed by atoms with van der Waals surface area (Å²) in [6.45, 7) is 1.05. The van der Waals surface area contributed by atoms with Crippen LogP contribution in [-0.4, -0.2) is 83.0 Å². The molecule has 6 N–H and O–H groups in total. The maximum absolute atomic E-state index is 12.2. The lowest BCUT2D eigenvalue weighted by molar-refractivity contribution is -0.139. The molecule has 12 nitrogen and oxygen atoms in total. The van der Waals surface area contributed by atoms with Crippen LogP contribution in [0.4, 0.5) is 0 Å². The largest absolute Gasteiger partial charge is 0.481 e. The highest BCUT2D eigenvalue weighted by atomic mass is 32.2. The zero-order valence-electron chi connectivity index (χ0n) is 16.1. The van der Waals surface area contributed by atoms with Crippen LogP contribution in [0.5, 0.6) is 0 Å². The van der Waals surface area contributed by atoms with Gasteiger partial charge in [0.15, 0.2) is 0 Å². The molecule has 0 aromatic carbocycles. The minimum Gasteiger partial charge on any atom is -0.481 e. The standard InChI is InChI=1S/C16H26N4O8S/c1-9(21)17-5-6-18-15(27)10(3-4-13(23)24)20-12(22)8-19-16(28)11(29-2)7-14(25)26/h10-11H,3-8H2,1-2H3,(H,17,21)(H,18,27)(H,19,28)(H,20,22)(H,23,24)(H,25,26)/t10-,11?/m1/s1. The van der Waals surface area contributed by atoms with Gasteiger partial charge in [0.2, 0.25) is 23.6 Å². The Morgan fingerprint density at radius 1 is 0.897 bits per heavy atom. The fraction of sp³-hybridized carbons (Fsp3) is 0.625. The summed E-state index contributed by atoms with van der Waals surface area (Å²) >= 11 is 1.02. The SMILES string of the molecule is CSC(CC(=O)O)C(=O)NCC(=O)N[C@H](CCC(=O)O)C(=O)NCCNC(C)=O. The lowest BCUT2D eigenvalue weighted by atomic mass is 10.1. The number of rotatable bonds is 14. The molecule has 0 bridgehead atoms. The van der Waals surface area contributed by atoms with Crippen molar-refractivity contribution in [3.63, 3.8) is 0 Å². The van der Waals surface area contributed by atoms with E-state index < -0.39 is 53.9 Å². The molecule has 164 valence electrons. The summed E-state index contributed by atoms with van der Waals surface area (Å²) in [5.74, 6) is -4.60. The van der Waals surface area contributed by atoms with Crippen LogP contribution in [0.2, 0.25) is 0 Å². The van der Waals surface area contributed by atoms with E-state index in [2.05, 4.69) is 21.3 Å². The molecule has 0 radical (unpaired) electrons. The van der Waals surface area contributed by atoms with Crippen molar-refractivity contribution in [2.75, 3.05) is 25.9 Å².